The molecule has 1 aromatic heterocycles. The molecule has 1 aromatic rings. The summed E-state index contributed by atoms with van der Waals surface area (Å²) in [5, 5.41) is 11.6. The Morgan fingerprint density at radius 1 is 1.55 bits per heavy atom. The SMILES string of the molecule is CCCNC(Cc1cn(C)nn1)CC1CCS(=O)(=O)C1. The molecular formula is C13H24N4O2S. The molecule has 0 spiro atoms. The first-order valence-corrected chi connectivity index (χ1v) is 9.09. The first-order valence-electron chi connectivity index (χ1n) is 7.27. The normalized spacial score (nSPS) is 23.0. The van der Waals surface area contributed by atoms with Crippen LogP contribution in [0.3, 0.4) is 0 Å². The monoisotopic (exact) mass is 300 g/mol. The van der Waals surface area contributed by atoms with Crippen LogP contribution in [0.25, 0.3) is 0 Å². The van der Waals surface area contributed by atoms with Gasteiger partial charge in [0.2, 0.25) is 0 Å². The van der Waals surface area contributed by atoms with Gasteiger partial charge in [0.1, 0.15) is 0 Å². The van der Waals surface area contributed by atoms with Gasteiger partial charge in [0.05, 0.1) is 17.2 Å². The summed E-state index contributed by atoms with van der Waals surface area (Å²) in [5.74, 6) is 0.979. The number of nitrogens with zero attached hydrogens (tertiary/aromatic N) is 3. The molecule has 0 saturated carbocycles. The zero-order chi connectivity index (χ0) is 14.6. The van der Waals surface area contributed by atoms with Crippen LogP contribution in [-0.2, 0) is 23.3 Å². The number of rotatable bonds is 7. The summed E-state index contributed by atoms with van der Waals surface area (Å²) >= 11 is 0. The van der Waals surface area contributed by atoms with Gasteiger partial charge in [-0.3, -0.25) is 4.68 Å². The standard InChI is InChI=1S/C13H24N4O2S/c1-3-5-14-12(8-13-9-17(2)16-15-13)7-11-4-6-20(18,19)10-11/h9,11-12,14H,3-8,10H2,1-2H3. The van der Waals surface area contributed by atoms with E-state index in [1.807, 2.05) is 13.2 Å². The Morgan fingerprint density at radius 3 is 2.90 bits per heavy atom. The van der Waals surface area contributed by atoms with E-state index < -0.39 is 9.84 Å². The van der Waals surface area contributed by atoms with E-state index in [1.165, 1.54) is 0 Å². The summed E-state index contributed by atoms with van der Waals surface area (Å²) in [4.78, 5) is 0. The molecule has 1 aliphatic rings. The van der Waals surface area contributed by atoms with E-state index in [0.29, 0.717) is 11.5 Å². The molecule has 7 heteroatoms. The molecule has 1 aliphatic heterocycles. The lowest BCUT2D eigenvalue weighted by Crippen LogP contribution is -2.34. The Kier molecular flexibility index (Phi) is 5.15. The summed E-state index contributed by atoms with van der Waals surface area (Å²) in [7, 11) is -0.935. The molecule has 2 unspecified atom stereocenters. The maximum absolute atomic E-state index is 11.6. The number of aromatic nitrogens is 3. The molecule has 0 bridgehead atoms. The van der Waals surface area contributed by atoms with Crippen molar-refractivity contribution in [1.29, 1.82) is 0 Å². The zero-order valence-corrected chi connectivity index (χ0v) is 13.1. The smallest absolute Gasteiger partial charge is 0.150 e. The summed E-state index contributed by atoms with van der Waals surface area (Å²) in [6.45, 7) is 3.08. The lowest BCUT2D eigenvalue weighted by Gasteiger charge is -2.20. The third-order valence-electron chi connectivity index (χ3n) is 3.73. The summed E-state index contributed by atoms with van der Waals surface area (Å²) in [6, 6.07) is 0.282. The average molecular weight is 300 g/mol. The first kappa shape index (κ1) is 15.4. The molecule has 2 rings (SSSR count). The molecule has 1 N–H and O–H groups in total. The van der Waals surface area contributed by atoms with E-state index in [-0.39, 0.29) is 12.0 Å². The molecule has 0 aliphatic carbocycles. The fourth-order valence-corrected chi connectivity index (χ4v) is 4.67. The highest BCUT2D eigenvalue weighted by atomic mass is 32.2. The summed E-state index contributed by atoms with van der Waals surface area (Å²) in [6.07, 6.45) is 5.50. The molecule has 114 valence electrons. The Bertz CT molecular complexity index is 526. The maximum Gasteiger partial charge on any atom is 0.150 e. The number of hydrogen-bond acceptors (Lipinski definition) is 5. The van der Waals surface area contributed by atoms with Crippen LogP contribution >= 0.6 is 0 Å². The molecule has 2 atom stereocenters. The van der Waals surface area contributed by atoms with Crippen molar-refractivity contribution in [3.8, 4) is 0 Å². The second kappa shape index (κ2) is 6.67. The minimum absolute atomic E-state index is 0.282. The molecule has 0 radical (unpaired) electrons. The van der Waals surface area contributed by atoms with Crippen LogP contribution in [0, 0.1) is 5.92 Å². The highest BCUT2D eigenvalue weighted by molar-refractivity contribution is 7.91. The number of aryl methyl sites for hydroxylation is 1. The maximum atomic E-state index is 11.6. The van der Waals surface area contributed by atoms with Crippen LogP contribution in [0.15, 0.2) is 6.20 Å². The van der Waals surface area contributed by atoms with Crippen LogP contribution in [0.2, 0.25) is 0 Å². The van der Waals surface area contributed by atoms with Crippen LogP contribution in [-0.4, -0.2) is 47.5 Å². The van der Waals surface area contributed by atoms with E-state index in [9.17, 15) is 8.42 Å². The quantitative estimate of drug-likeness (QED) is 0.796. The Morgan fingerprint density at radius 2 is 2.35 bits per heavy atom. The molecular weight excluding hydrogens is 276 g/mol. The second-order valence-corrected chi connectivity index (χ2v) is 7.97. The summed E-state index contributed by atoms with van der Waals surface area (Å²) in [5.41, 5.74) is 0.960. The van der Waals surface area contributed by atoms with Crippen molar-refractivity contribution in [3.63, 3.8) is 0 Å². The van der Waals surface area contributed by atoms with Crippen LogP contribution in [0.4, 0.5) is 0 Å². The number of nitrogens with one attached hydrogen (secondary N) is 1. The van der Waals surface area contributed by atoms with Crippen LogP contribution < -0.4 is 5.32 Å². The van der Waals surface area contributed by atoms with Crippen molar-refractivity contribution in [3.05, 3.63) is 11.9 Å². The van der Waals surface area contributed by atoms with Gasteiger partial charge in [-0.25, -0.2) is 8.42 Å². The van der Waals surface area contributed by atoms with Crippen molar-refractivity contribution in [1.82, 2.24) is 20.3 Å². The minimum Gasteiger partial charge on any atom is -0.314 e. The van der Waals surface area contributed by atoms with Crippen molar-refractivity contribution >= 4 is 9.84 Å². The van der Waals surface area contributed by atoms with Gasteiger partial charge in [0.15, 0.2) is 9.84 Å². The van der Waals surface area contributed by atoms with Gasteiger partial charge in [-0.15, -0.1) is 5.10 Å². The molecule has 1 fully saturated rings. The van der Waals surface area contributed by atoms with E-state index in [0.717, 1.165) is 37.9 Å². The lowest BCUT2D eigenvalue weighted by atomic mass is 9.96. The molecule has 0 aromatic carbocycles. The van der Waals surface area contributed by atoms with Crippen molar-refractivity contribution < 1.29 is 8.42 Å². The molecule has 1 saturated heterocycles. The zero-order valence-electron chi connectivity index (χ0n) is 12.2. The van der Waals surface area contributed by atoms with Gasteiger partial charge >= 0.3 is 0 Å². The number of hydrogen-bond donors (Lipinski definition) is 1. The third-order valence-corrected chi connectivity index (χ3v) is 5.57. The van der Waals surface area contributed by atoms with E-state index in [2.05, 4.69) is 22.6 Å². The lowest BCUT2D eigenvalue weighted by molar-refractivity contribution is 0.400. The fourth-order valence-electron chi connectivity index (χ4n) is 2.79. The molecule has 20 heavy (non-hydrogen) atoms. The van der Waals surface area contributed by atoms with Gasteiger partial charge < -0.3 is 5.32 Å². The van der Waals surface area contributed by atoms with Gasteiger partial charge in [-0.05, 0) is 31.7 Å². The predicted octanol–water partition coefficient (Wildman–Crippen LogP) is 0.551. The van der Waals surface area contributed by atoms with Crippen LogP contribution in [0.5, 0.6) is 0 Å². The van der Waals surface area contributed by atoms with E-state index >= 15 is 0 Å². The van der Waals surface area contributed by atoms with Crippen molar-refractivity contribution in [2.75, 3.05) is 18.1 Å². The average Bonchev–Trinajstić information content (AvgIpc) is 2.92. The highest BCUT2D eigenvalue weighted by Crippen LogP contribution is 2.23. The van der Waals surface area contributed by atoms with Gasteiger partial charge in [0, 0.05) is 25.7 Å². The van der Waals surface area contributed by atoms with Crippen LogP contribution in [0.1, 0.15) is 31.9 Å². The van der Waals surface area contributed by atoms with Gasteiger partial charge in [0.25, 0.3) is 0 Å². The second-order valence-electron chi connectivity index (χ2n) is 5.74. The topological polar surface area (TPSA) is 76.9 Å². The summed E-state index contributed by atoms with van der Waals surface area (Å²) < 4.78 is 24.8. The largest absolute Gasteiger partial charge is 0.314 e. The Balaban J connectivity index is 1.93. The van der Waals surface area contributed by atoms with Crippen molar-refractivity contribution in [2.45, 2.75) is 38.6 Å². The number of sulfone groups is 1. The van der Waals surface area contributed by atoms with Gasteiger partial charge in [-0.1, -0.05) is 12.1 Å². The van der Waals surface area contributed by atoms with Crippen molar-refractivity contribution in [2.24, 2.45) is 13.0 Å². The highest BCUT2D eigenvalue weighted by Gasteiger charge is 2.29. The van der Waals surface area contributed by atoms with E-state index in [1.54, 1.807) is 4.68 Å². The molecule has 2 heterocycles. The molecule has 6 nitrogen and oxygen atoms in total. The Hall–Kier alpha value is -0.950. The first-order chi connectivity index (χ1) is 9.48. The predicted molar refractivity (Wildman–Crippen MR) is 78.2 cm³/mol. The fraction of sp³-hybridized carbons (Fsp3) is 0.846. The minimum atomic E-state index is -2.79. The third kappa shape index (κ3) is 4.56. The Labute approximate surface area is 120 Å². The molecule has 0 amide bonds. The van der Waals surface area contributed by atoms with Gasteiger partial charge in [-0.2, -0.15) is 0 Å². The van der Waals surface area contributed by atoms with E-state index in [4.69, 9.17) is 0 Å².